The molecule has 0 bridgehead atoms. The van der Waals surface area contributed by atoms with Crippen molar-refractivity contribution in [1.82, 2.24) is 14.1 Å². The molecular weight excluding hydrogens is 1060 g/mol. The van der Waals surface area contributed by atoms with Crippen LogP contribution in [0.4, 0.5) is 0 Å². The summed E-state index contributed by atoms with van der Waals surface area (Å²) in [6, 6.07) is 114. The van der Waals surface area contributed by atoms with Crippen molar-refractivity contribution in [1.29, 1.82) is 0 Å². The second-order valence-electron chi connectivity index (χ2n) is 23.7. The number of pyridine rings is 1. The quantitative estimate of drug-likeness (QED) is 0.149. The molecule has 2 aliphatic rings. The van der Waals surface area contributed by atoms with Crippen molar-refractivity contribution in [3.05, 3.63) is 309 Å². The number of rotatable bonds is 8. The third-order valence-electron chi connectivity index (χ3n) is 19.0. The molecule has 3 heteroatoms. The fourth-order valence-electron chi connectivity index (χ4n) is 15.0. The highest BCUT2D eigenvalue weighted by atomic mass is 15.0. The summed E-state index contributed by atoms with van der Waals surface area (Å²) in [6.07, 6.45) is 0. The fourth-order valence-corrected chi connectivity index (χ4v) is 15.0. The van der Waals surface area contributed by atoms with Crippen LogP contribution in [0.5, 0.6) is 0 Å². The minimum absolute atomic E-state index is 0.956. The van der Waals surface area contributed by atoms with Crippen LogP contribution in [0.2, 0.25) is 0 Å². The summed E-state index contributed by atoms with van der Waals surface area (Å²) in [5.41, 5.74) is 31.2. The van der Waals surface area contributed by atoms with E-state index in [4.69, 9.17) is 4.98 Å². The molecule has 0 fully saturated rings. The van der Waals surface area contributed by atoms with E-state index in [1.54, 1.807) is 0 Å². The largest absolute Gasteiger partial charge is 0.309 e. The van der Waals surface area contributed by atoms with Gasteiger partial charge in [-0.15, -0.1) is 0 Å². The Kier molecular flexibility index (Phi) is 10.5. The Morgan fingerprint density at radius 3 is 1.35 bits per heavy atom. The van der Waals surface area contributed by atoms with Gasteiger partial charge in [0.15, 0.2) is 0 Å². The predicted molar refractivity (Wildman–Crippen MR) is 369 cm³/mol. The van der Waals surface area contributed by atoms with E-state index in [2.05, 4.69) is 319 Å². The van der Waals surface area contributed by atoms with Gasteiger partial charge in [-0.3, -0.25) is 0 Å². The van der Waals surface area contributed by atoms with E-state index < -0.39 is 0 Å². The van der Waals surface area contributed by atoms with Gasteiger partial charge in [0.25, 0.3) is 0 Å². The average Bonchev–Trinajstić information content (AvgIpc) is 1.78. The summed E-state index contributed by atoms with van der Waals surface area (Å²) in [5.74, 6) is 0. The van der Waals surface area contributed by atoms with Gasteiger partial charge in [-0.2, -0.15) is 0 Å². The first-order valence-corrected chi connectivity index (χ1v) is 30.4. The zero-order valence-corrected chi connectivity index (χ0v) is 47.8. The Morgan fingerprint density at radius 2 is 0.648 bits per heavy atom. The standard InChI is InChI=1S/C85H51N3/c1-3-15-61(16-4-1)87-80-27-10-8-20-67(80)75-50-60(40-47-81(75)87)78-25-13-24-77(86-78)59-39-42-64-72-46-45-63(70-22-12-23-71(84(70)72)74(64)49-59)73-44-36-56-14-11-21-69-65-41-37-57(48-76(65)85(73)83(56)69)54-32-28-52(29-33-54)53-30-34-55(35-31-53)58-38-43-68-66-19-7-9-26-79(66)88(82(68)51-58)62-17-5-2-6-18-62/h1-51H. The third kappa shape index (κ3) is 7.28. The molecule has 88 heavy (non-hydrogen) atoms. The molecule has 0 saturated carbocycles. The third-order valence-corrected chi connectivity index (χ3v) is 19.0. The lowest BCUT2D eigenvalue weighted by atomic mass is 9.88. The molecule has 3 aromatic heterocycles. The first-order chi connectivity index (χ1) is 43.6. The van der Waals surface area contributed by atoms with Gasteiger partial charge in [0.1, 0.15) is 0 Å². The van der Waals surface area contributed by atoms with Gasteiger partial charge < -0.3 is 9.13 Å². The minimum atomic E-state index is 0.956. The van der Waals surface area contributed by atoms with Crippen LogP contribution in [0, 0.1) is 0 Å². The molecule has 0 N–H and O–H groups in total. The van der Waals surface area contributed by atoms with Crippen molar-refractivity contribution in [3.63, 3.8) is 0 Å². The summed E-state index contributed by atoms with van der Waals surface area (Å²) in [4.78, 5) is 5.38. The Labute approximate surface area is 508 Å². The van der Waals surface area contributed by atoms with E-state index in [0.717, 1.165) is 28.2 Å². The highest BCUT2D eigenvalue weighted by Gasteiger charge is 2.29. The van der Waals surface area contributed by atoms with Crippen LogP contribution in [-0.4, -0.2) is 14.1 Å². The monoisotopic (exact) mass is 1110 g/mol. The van der Waals surface area contributed by atoms with Crippen LogP contribution in [0.1, 0.15) is 0 Å². The minimum Gasteiger partial charge on any atom is -0.309 e. The molecule has 17 aromatic rings. The van der Waals surface area contributed by atoms with E-state index in [9.17, 15) is 0 Å². The van der Waals surface area contributed by atoms with E-state index in [0.29, 0.717) is 0 Å². The topological polar surface area (TPSA) is 22.8 Å². The van der Waals surface area contributed by atoms with Crippen molar-refractivity contribution in [3.8, 4) is 123 Å². The van der Waals surface area contributed by atoms with Crippen LogP contribution >= 0.6 is 0 Å². The average molecular weight is 1110 g/mol. The van der Waals surface area contributed by atoms with E-state index in [1.165, 1.54) is 160 Å². The number of hydrogen-bond acceptors (Lipinski definition) is 1. The molecule has 3 nitrogen and oxygen atoms in total. The molecule has 3 heterocycles. The summed E-state index contributed by atoms with van der Waals surface area (Å²) in [5, 5.41) is 10.1. The van der Waals surface area contributed by atoms with Crippen molar-refractivity contribution in [2.75, 3.05) is 0 Å². The first kappa shape index (κ1) is 48.7. The second-order valence-corrected chi connectivity index (χ2v) is 23.7. The molecule has 19 rings (SSSR count). The summed E-state index contributed by atoms with van der Waals surface area (Å²) in [7, 11) is 0. The van der Waals surface area contributed by atoms with Crippen molar-refractivity contribution in [2.24, 2.45) is 0 Å². The molecule has 2 aliphatic carbocycles. The van der Waals surface area contributed by atoms with Crippen molar-refractivity contribution < 1.29 is 0 Å². The van der Waals surface area contributed by atoms with E-state index >= 15 is 0 Å². The summed E-state index contributed by atoms with van der Waals surface area (Å²) in [6.45, 7) is 0. The highest BCUT2D eigenvalue weighted by molar-refractivity contribution is 6.24. The Bertz CT molecular complexity index is 5770. The SMILES string of the molecule is c1ccc(-n2c3ccccc3c3cc(-c4cccc(-c5ccc6c(c5)-c5cccc7c(-c8ccc9cccc%10c9c8-c8cc(-c9ccc(-c%11ccc(-c%12ccc%13c%14ccccc%14n(-c%14ccccc%14)c%13c%12)cc%11)cc9)ccc8-%10)ccc-6c57)n4)ccc32)cc1. The van der Waals surface area contributed by atoms with Crippen LogP contribution < -0.4 is 0 Å². The highest BCUT2D eigenvalue weighted by Crippen LogP contribution is 2.56. The van der Waals surface area contributed by atoms with Crippen molar-refractivity contribution >= 4 is 65.2 Å². The second kappa shape index (κ2) is 18.9. The fraction of sp³-hybridized carbons (Fsp3) is 0. The maximum absolute atomic E-state index is 5.38. The molecule has 0 unspecified atom stereocenters. The molecule has 406 valence electrons. The number of fused-ring (bicyclic) bond motifs is 12. The van der Waals surface area contributed by atoms with Gasteiger partial charge in [0, 0.05) is 44.0 Å². The van der Waals surface area contributed by atoms with Crippen LogP contribution in [0.25, 0.3) is 188 Å². The molecule has 0 radical (unpaired) electrons. The normalized spacial score (nSPS) is 12.1. The van der Waals surface area contributed by atoms with Crippen LogP contribution in [-0.2, 0) is 0 Å². The van der Waals surface area contributed by atoms with Gasteiger partial charge in [-0.05, 0) is 189 Å². The number of hydrogen-bond donors (Lipinski definition) is 0. The smallest absolute Gasteiger partial charge is 0.0709 e. The van der Waals surface area contributed by atoms with Gasteiger partial charge in [0.05, 0.1) is 33.5 Å². The molecule has 0 aliphatic heterocycles. The summed E-state index contributed by atoms with van der Waals surface area (Å²) < 4.78 is 4.75. The van der Waals surface area contributed by atoms with E-state index in [-0.39, 0.29) is 0 Å². The lowest BCUT2D eigenvalue weighted by Crippen LogP contribution is -1.93. The molecule has 14 aromatic carbocycles. The lowest BCUT2D eigenvalue weighted by Gasteiger charge is -2.15. The maximum atomic E-state index is 5.38. The van der Waals surface area contributed by atoms with Gasteiger partial charge >= 0.3 is 0 Å². The zero-order valence-electron chi connectivity index (χ0n) is 47.8. The number of nitrogens with zero attached hydrogens (tertiary/aromatic N) is 3. The molecule has 0 amide bonds. The van der Waals surface area contributed by atoms with Gasteiger partial charge in [-0.1, -0.05) is 231 Å². The van der Waals surface area contributed by atoms with Gasteiger partial charge in [0.2, 0.25) is 0 Å². The van der Waals surface area contributed by atoms with Crippen LogP contribution in [0.15, 0.2) is 309 Å². The predicted octanol–water partition coefficient (Wildman–Crippen LogP) is 22.9. The summed E-state index contributed by atoms with van der Waals surface area (Å²) >= 11 is 0. The number of para-hydroxylation sites is 4. The number of benzene rings is 14. The van der Waals surface area contributed by atoms with Crippen molar-refractivity contribution in [2.45, 2.75) is 0 Å². The number of aromatic nitrogens is 3. The van der Waals surface area contributed by atoms with Crippen LogP contribution in [0.3, 0.4) is 0 Å². The Morgan fingerprint density at radius 1 is 0.205 bits per heavy atom. The van der Waals surface area contributed by atoms with E-state index in [1.807, 2.05) is 0 Å². The maximum Gasteiger partial charge on any atom is 0.0709 e. The molecule has 0 atom stereocenters. The zero-order chi connectivity index (χ0) is 57.6. The molecule has 0 saturated heterocycles. The molecular formula is C85H51N3. The first-order valence-electron chi connectivity index (χ1n) is 30.4. The molecule has 0 spiro atoms. The Hall–Kier alpha value is -11.7. The lowest BCUT2D eigenvalue weighted by molar-refractivity contribution is 1.18. The Balaban J connectivity index is 0.639. The van der Waals surface area contributed by atoms with Gasteiger partial charge in [-0.25, -0.2) is 4.98 Å².